The van der Waals surface area contributed by atoms with Crippen molar-refractivity contribution in [1.29, 1.82) is 0 Å². The van der Waals surface area contributed by atoms with Crippen LogP contribution in [0.2, 0.25) is 0 Å². The second-order valence-corrected chi connectivity index (χ2v) is 8.11. The van der Waals surface area contributed by atoms with Crippen LogP contribution in [-0.4, -0.2) is 59.5 Å². The van der Waals surface area contributed by atoms with Gasteiger partial charge in [0.25, 0.3) is 5.91 Å². The zero-order chi connectivity index (χ0) is 20.3. The topological polar surface area (TPSA) is 60.9 Å². The third-order valence-electron chi connectivity index (χ3n) is 6.16. The lowest BCUT2D eigenvalue weighted by atomic mass is 9.83. The highest BCUT2D eigenvalue weighted by atomic mass is 19.1. The molecule has 0 saturated carbocycles. The third-order valence-corrected chi connectivity index (χ3v) is 6.16. The summed E-state index contributed by atoms with van der Waals surface area (Å²) in [5.41, 5.74) is -0.320. The van der Waals surface area contributed by atoms with Crippen molar-refractivity contribution in [3.63, 3.8) is 0 Å². The van der Waals surface area contributed by atoms with Crippen LogP contribution >= 0.6 is 0 Å². The molecule has 5 nitrogen and oxygen atoms in total. The molecule has 1 unspecified atom stereocenters. The standard InChI is InChI=1S/C21H28F2N2O3/c1-2-7-21(14-26)8-11-25(13-21)19(27)15-5-9-24(10-6-15)20(28)17-4-3-16(22)12-18(17)23/h3-4,12,15,26H,2,5-11,13-14H2,1H3. The lowest BCUT2D eigenvalue weighted by Crippen LogP contribution is -2.44. The van der Waals surface area contributed by atoms with Crippen molar-refractivity contribution in [2.75, 3.05) is 32.8 Å². The molecule has 2 fully saturated rings. The number of amides is 2. The van der Waals surface area contributed by atoms with Crippen LogP contribution in [0.25, 0.3) is 0 Å². The number of carbonyl (C=O) groups excluding carboxylic acids is 2. The first-order chi connectivity index (χ1) is 13.4. The van der Waals surface area contributed by atoms with Gasteiger partial charge in [-0.1, -0.05) is 13.3 Å². The van der Waals surface area contributed by atoms with E-state index in [0.717, 1.165) is 31.4 Å². The highest BCUT2D eigenvalue weighted by Crippen LogP contribution is 2.36. The summed E-state index contributed by atoms with van der Waals surface area (Å²) in [4.78, 5) is 28.8. The maximum Gasteiger partial charge on any atom is 0.256 e. The average molecular weight is 394 g/mol. The molecular weight excluding hydrogens is 366 g/mol. The second kappa shape index (κ2) is 8.55. The Kier molecular flexibility index (Phi) is 6.33. The summed E-state index contributed by atoms with van der Waals surface area (Å²) in [5.74, 6) is -2.11. The van der Waals surface area contributed by atoms with E-state index < -0.39 is 17.5 Å². The molecule has 3 rings (SSSR count). The van der Waals surface area contributed by atoms with Crippen molar-refractivity contribution in [1.82, 2.24) is 9.80 Å². The van der Waals surface area contributed by atoms with Gasteiger partial charge in [-0.3, -0.25) is 9.59 Å². The van der Waals surface area contributed by atoms with E-state index in [0.29, 0.717) is 45.1 Å². The van der Waals surface area contributed by atoms with Crippen LogP contribution in [0.1, 0.15) is 49.4 Å². The Morgan fingerprint density at radius 1 is 1.18 bits per heavy atom. The number of piperidine rings is 1. The third kappa shape index (κ3) is 4.19. The number of likely N-dealkylation sites (tertiary alicyclic amines) is 2. The highest BCUT2D eigenvalue weighted by molar-refractivity contribution is 5.94. The fraction of sp³-hybridized carbons (Fsp3) is 0.619. The first-order valence-electron chi connectivity index (χ1n) is 10.0. The molecule has 0 aliphatic carbocycles. The van der Waals surface area contributed by atoms with Gasteiger partial charge in [-0.15, -0.1) is 0 Å². The molecule has 2 heterocycles. The molecule has 1 aromatic carbocycles. The molecule has 2 aliphatic rings. The molecule has 0 bridgehead atoms. The largest absolute Gasteiger partial charge is 0.396 e. The van der Waals surface area contributed by atoms with Gasteiger partial charge in [0.1, 0.15) is 11.6 Å². The second-order valence-electron chi connectivity index (χ2n) is 8.11. The number of aliphatic hydroxyl groups excluding tert-OH is 1. The normalized spacial score (nSPS) is 23.3. The van der Waals surface area contributed by atoms with E-state index >= 15 is 0 Å². The molecule has 1 N–H and O–H groups in total. The minimum absolute atomic E-state index is 0.0893. The van der Waals surface area contributed by atoms with Gasteiger partial charge < -0.3 is 14.9 Å². The Morgan fingerprint density at radius 2 is 1.89 bits per heavy atom. The predicted molar refractivity (Wildman–Crippen MR) is 101 cm³/mol. The van der Waals surface area contributed by atoms with E-state index in [1.807, 2.05) is 4.90 Å². The van der Waals surface area contributed by atoms with E-state index in [1.54, 1.807) is 0 Å². The smallest absolute Gasteiger partial charge is 0.256 e. The maximum absolute atomic E-state index is 13.9. The number of benzene rings is 1. The lowest BCUT2D eigenvalue weighted by molar-refractivity contribution is -0.136. The Labute approximate surface area is 164 Å². The van der Waals surface area contributed by atoms with Crippen molar-refractivity contribution in [2.24, 2.45) is 11.3 Å². The van der Waals surface area contributed by atoms with Crippen molar-refractivity contribution in [3.05, 3.63) is 35.4 Å². The Morgan fingerprint density at radius 3 is 2.50 bits per heavy atom. The molecule has 0 spiro atoms. The molecule has 2 saturated heterocycles. The Hall–Kier alpha value is -2.02. The fourth-order valence-electron chi connectivity index (χ4n) is 4.49. The Bertz CT molecular complexity index is 734. The van der Waals surface area contributed by atoms with Gasteiger partial charge in [-0.05, 0) is 37.8 Å². The summed E-state index contributed by atoms with van der Waals surface area (Å²) in [7, 11) is 0. The minimum atomic E-state index is -0.864. The predicted octanol–water partition coefficient (Wildman–Crippen LogP) is 2.83. The average Bonchev–Trinajstić information content (AvgIpc) is 3.12. The van der Waals surface area contributed by atoms with E-state index in [9.17, 15) is 23.5 Å². The van der Waals surface area contributed by atoms with Gasteiger partial charge >= 0.3 is 0 Å². The monoisotopic (exact) mass is 394 g/mol. The molecule has 2 amide bonds. The van der Waals surface area contributed by atoms with Crippen molar-refractivity contribution in [3.8, 4) is 0 Å². The van der Waals surface area contributed by atoms with Crippen molar-refractivity contribution >= 4 is 11.8 Å². The molecule has 7 heteroatoms. The molecule has 28 heavy (non-hydrogen) atoms. The number of rotatable bonds is 5. The zero-order valence-electron chi connectivity index (χ0n) is 16.3. The molecule has 2 aliphatic heterocycles. The quantitative estimate of drug-likeness (QED) is 0.836. The number of carbonyl (C=O) groups is 2. The molecular formula is C21H28F2N2O3. The lowest BCUT2D eigenvalue weighted by Gasteiger charge is -2.34. The van der Waals surface area contributed by atoms with Gasteiger partial charge in [0.05, 0.1) is 12.2 Å². The molecule has 0 aromatic heterocycles. The highest BCUT2D eigenvalue weighted by Gasteiger charge is 2.41. The van der Waals surface area contributed by atoms with Gasteiger partial charge in [-0.2, -0.15) is 0 Å². The van der Waals surface area contributed by atoms with Gasteiger partial charge in [0.15, 0.2) is 0 Å². The summed E-state index contributed by atoms with van der Waals surface area (Å²) in [6.45, 7) is 4.19. The summed E-state index contributed by atoms with van der Waals surface area (Å²) in [5, 5.41) is 9.76. The first kappa shape index (κ1) is 20.7. The molecule has 0 radical (unpaired) electrons. The number of hydrogen-bond acceptors (Lipinski definition) is 3. The number of aliphatic hydroxyl groups is 1. The molecule has 1 atom stereocenters. The fourth-order valence-corrected chi connectivity index (χ4v) is 4.49. The van der Waals surface area contributed by atoms with Crippen molar-refractivity contribution < 1.29 is 23.5 Å². The van der Waals surface area contributed by atoms with Crippen LogP contribution in [0.15, 0.2) is 18.2 Å². The van der Waals surface area contributed by atoms with Crippen LogP contribution in [-0.2, 0) is 4.79 Å². The van der Waals surface area contributed by atoms with Crippen LogP contribution in [0.5, 0.6) is 0 Å². The SMILES string of the molecule is CCCC1(CO)CCN(C(=O)C2CCN(C(=O)c3ccc(F)cc3F)CC2)C1. The van der Waals surface area contributed by atoms with Crippen LogP contribution in [0, 0.1) is 23.0 Å². The summed E-state index contributed by atoms with van der Waals surface area (Å²) < 4.78 is 26.9. The van der Waals surface area contributed by atoms with E-state index in [-0.39, 0.29) is 29.4 Å². The summed E-state index contributed by atoms with van der Waals surface area (Å²) >= 11 is 0. The van der Waals surface area contributed by atoms with Crippen LogP contribution in [0.3, 0.4) is 0 Å². The van der Waals surface area contributed by atoms with E-state index in [2.05, 4.69) is 6.92 Å². The summed E-state index contributed by atoms with van der Waals surface area (Å²) in [6, 6.07) is 2.95. The van der Waals surface area contributed by atoms with E-state index in [4.69, 9.17) is 0 Å². The van der Waals surface area contributed by atoms with Gasteiger partial charge in [-0.25, -0.2) is 8.78 Å². The number of hydrogen-bond donors (Lipinski definition) is 1. The number of halogens is 2. The zero-order valence-corrected chi connectivity index (χ0v) is 16.3. The minimum Gasteiger partial charge on any atom is -0.396 e. The van der Waals surface area contributed by atoms with Gasteiger partial charge in [0, 0.05) is 43.6 Å². The van der Waals surface area contributed by atoms with Crippen LogP contribution in [0.4, 0.5) is 8.78 Å². The van der Waals surface area contributed by atoms with Crippen molar-refractivity contribution in [2.45, 2.75) is 39.0 Å². The molecule has 154 valence electrons. The maximum atomic E-state index is 13.9. The summed E-state index contributed by atoms with van der Waals surface area (Å²) in [6.07, 6.45) is 3.77. The van der Waals surface area contributed by atoms with Gasteiger partial charge in [0.2, 0.25) is 5.91 Å². The molecule has 1 aromatic rings. The number of nitrogens with zero attached hydrogens (tertiary/aromatic N) is 2. The first-order valence-corrected chi connectivity index (χ1v) is 10.0. The van der Waals surface area contributed by atoms with Crippen LogP contribution < -0.4 is 0 Å². The van der Waals surface area contributed by atoms with E-state index in [1.165, 1.54) is 4.90 Å². The Balaban J connectivity index is 1.56.